The first-order valence-corrected chi connectivity index (χ1v) is 5.78. The lowest BCUT2D eigenvalue weighted by Crippen LogP contribution is -2.56. The van der Waals surface area contributed by atoms with Crippen LogP contribution in [0.1, 0.15) is 19.4 Å². The summed E-state index contributed by atoms with van der Waals surface area (Å²) in [6.45, 7) is 3.04. The van der Waals surface area contributed by atoms with E-state index in [1.54, 1.807) is 24.3 Å². The van der Waals surface area contributed by atoms with Crippen LogP contribution in [-0.2, 0) is 15.1 Å². The van der Waals surface area contributed by atoms with Crippen molar-refractivity contribution in [1.29, 1.82) is 0 Å². The summed E-state index contributed by atoms with van der Waals surface area (Å²) >= 11 is 5.87. The minimum Gasteiger partial charge on any atom is -0.367 e. The minimum absolute atomic E-state index is 0. The fourth-order valence-electron chi connectivity index (χ4n) is 1.44. The van der Waals surface area contributed by atoms with Gasteiger partial charge in [0.15, 0.2) is 0 Å². The smallest absolute Gasteiger partial charge is 0.247 e. The number of amides is 2. The van der Waals surface area contributed by atoms with Gasteiger partial charge >= 0.3 is 0 Å². The van der Waals surface area contributed by atoms with Crippen LogP contribution in [0.15, 0.2) is 24.3 Å². The van der Waals surface area contributed by atoms with Gasteiger partial charge in [0.05, 0.1) is 6.04 Å². The zero-order valence-corrected chi connectivity index (χ0v) is 12.2. The Labute approximate surface area is 123 Å². The van der Waals surface area contributed by atoms with Crippen molar-refractivity contribution in [3.63, 3.8) is 0 Å². The average Bonchev–Trinajstić information content (AvgIpc) is 2.28. The van der Waals surface area contributed by atoms with Gasteiger partial charge in [-0.25, -0.2) is 0 Å². The Morgan fingerprint density at radius 3 is 2.42 bits per heavy atom. The highest BCUT2D eigenvalue weighted by Crippen LogP contribution is 2.23. The van der Waals surface area contributed by atoms with Gasteiger partial charge < -0.3 is 16.8 Å². The van der Waals surface area contributed by atoms with Crippen molar-refractivity contribution in [2.75, 3.05) is 0 Å². The molecule has 0 saturated heterocycles. The second-order valence-electron chi connectivity index (χ2n) is 4.28. The first-order chi connectivity index (χ1) is 8.27. The van der Waals surface area contributed by atoms with Crippen molar-refractivity contribution in [1.82, 2.24) is 5.32 Å². The van der Waals surface area contributed by atoms with E-state index in [2.05, 4.69) is 5.32 Å². The van der Waals surface area contributed by atoms with E-state index in [1.165, 1.54) is 13.8 Å². The molecule has 106 valence electrons. The van der Waals surface area contributed by atoms with Gasteiger partial charge in [-0.2, -0.15) is 0 Å². The van der Waals surface area contributed by atoms with E-state index in [0.29, 0.717) is 10.6 Å². The molecule has 5 N–H and O–H groups in total. The molecule has 5 nitrogen and oxygen atoms in total. The molecular weight excluding hydrogens is 289 g/mol. The van der Waals surface area contributed by atoms with Gasteiger partial charge in [-0.3, -0.25) is 9.59 Å². The summed E-state index contributed by atoms with van der Waals surface area (Å²) in [5.74, 6) is -1.14. The standard InChI is InChI=1S/C12H16ClN3O2.ClH/c1-7(14)10(17)16-12(2,11(15)18)8-4-3-5-9(13)6-8;/h3-7H,14H2,1-2H3,(H2,15,18)(H,16,17);1H/t7-,12?;/m0./s1. The van der Waals surface area contributed by atoms with Crippen LogP contribution in [0.5, 0.6) is 0 Å². The molecule has 0 aromatic heterocycles. The summed E-state index contributed by atoms with van der Waals surface area (Å²) in [5, 5.41) is 2.99. The molecule has 0 aliphatic heterocycles. The third kappa shape index (κ3) is 4.09. The van der Waals surface area contributed by atoms with Gasteiger partial charge in [0, 0.05) is 5.02 Å². The van der Waals surface area contributed by atoms with Gasteiger partial charge in [0.2, 0.25) is 11.8 Å². The molecule has 0 aliphatic rings. The van der Waals surface area contributed by atoms with E-state index in [9.17, 15) is 9.59 Å². The zero-order valence-electron chi connectivity index (χ0n) is 10.6. The van der Waals surface area contributed by atoms with Crippen LogP contribution in [-0.4, -0.2) is 17.9 Å². The van der Waals surface area contributed by atoms with Gasteiger partial charge in [0.25, 0.3) is 0 Å². The third-order valence-electron chi connectivity index (χ3n) is 2.68. The molecule has 0 aliphatic carbocycles. The van der Waals surface area contributed by atoms with Crippen molar-refractivity contribution in [3.05, 3.63) is 34.9 Å². The molecule has 0 fully saturated rings. The molecule has 19 heavy (non-hydrogen) atoms. The van der Waals surface area contributed by atoms with Crippen LogP contribution in [0.25, 0.3) is 0 Å². The predicted molar refractivity (Wildman–Crippen MR) is 77.0 cm³/mol. The number of rotatable bonds is 4. The number of carbonyl (C=O) groups is 2. The van der Waals surface area contributed by atoms with Crippen LogP contribution in [0.2, 0.25) is 5.02 Å². The summed E-state index contributed by atoms with van der Waals surface area (Å²) in [6, 6.07) is 5.85. The predicted octanol–water partition coefficient (Wildman–Crippen LogP) is 0.926. The topological polar surface area (TPSA) is 98.2 Å². The lowest BCUT2D eigenvalue weighted by atomic mass is 9.91. The number of halogens is 2. The Morgan fingerprint density at radius 1 is 1.42 bits per heavy atom. The highest BCUT2D eigenvalue weighted by atomic mass is 35.5. The fraction of sp³-hybridized carbons (Fsp3) is 0.333. The molecule has 0 spiro atoms. The van der Waals surface area contributed by atoms with Crippen molar-refractivity contribution < 1.29 is 9.59 Å². The number of benzene rings is 1. The number of nitrogens with two attached hydrogens (primary N) is 2. The number of nitrogens with one attached hydrogen (secondary N) is 1. The maximum absolute atomic E-state index is 11.6. The van der Waals surface area contributed by atoms with Crippen LogP contribution in [0, 0.1) is 0 Å². The van der Waals surface area contributed by atoms with E-state index in [-0.39, 0.29) is 12.4 Å². The second kappa shape index (κ2) is 6.75. The van der Waals surface area contributed by atoms with Crippen molar-refractivity contribution >= 4 is 35.8 Å². The first-order valence-electron chi connectivity index (χ1n) is 5.41. The van der Waals surface area contributed by atoms with Crippen molar-refractivity contribution in [2.24, 2.45) is 11.5 Å². The Bertz CT molecular complexity index is 480. The number of hydrogen-bond donors (Lipinski definition) is 3. The quantitative estimate of drug-likeness (QED) is 0.771. The molecule has 2 atom stereocenters. The SMILES string of the molecule is C[C@H](N)C(=O)NC(C)(C(N)=O)c1cccc(Cl)c1.Cl. The highest BCUT2D eigenvalue weighted by Gasteiger charge is 2.35. The molecule has 2 amide bonds. The molecule has 0 saturated carbocycles. The van der Waals surface area contributed by atoms with E-state index < -0.39 is 23.4 Å². The number of primary amides is 1. The zero-order chi connectivity index (χ0) is 13.9. The molecule has 0 heterocycles. The molecule has 1 aromatic carbocycles. The molecule has 1 rings (SSSR count). The van der Waals surface area contributed by atoms with E-state index in [4.69, 9.17) is 23.1 Å². The third-order valence-corrected chi connectivity index (χ3v) is 2.92. The molecule has 1 aromatic rings. The minimum atomic E-state index is -1.34. The Kier molecular flexibility index (Phi) is 6.29. The normalized spacial score (nSPS) is 14.7. The van der Waals surface area contributed by atoms with Crippen LogP contribution >= 0.6 is 24.0 Å². The summed E-state index contributed by atoms with van der Waals surface area (Å²) in [4.78, 5) is 23.3. The Morgan fingerprint density at radius 2 is 2.00 bits per heavy atom. The number of carbonyl (C=O) groups excluding carboxylic acids is 2. The summed E-state index contributed by atoms with van der Waals surface area (Å²) in [5.41, 5.74) is 10.00. The highest BCUT2D eigenvalue weighted by molar-refractivity contribution is 6.30. The summed E-state index contributed by atoms with van der Waals surface area (Å²) in [6.07, 6.45) is 0. The first kappa shape index (κ1) is 17.7. The monoisotopic (exact) mass is 305 g/mol. The second-order valence-corrected chi connectivity index (χ2v) is 4.71. The van der Waals surface area contributed by atoms with E-state index >= 15 is 0 Å². The van der Waals surface area contributed by atoms with Crippen molar-refractivity contribution in [3.8, 4) is 0 Å². The van der Waals surface area contributed by atoms with Crippen LogP contribution < -0.4 is 16.8 Å². The van der Waals surface area contributed by atoms with E-state index in [1.807, 2.05) is 0 Å². The maximum atomic E-state index is 11.6. The molecule has 0 radical (unpaired) electrons. The largest absolute Gasteiger partial charge is 0.367 e. The van der Waals surface area contributed by atoms with Gasteiger partial charge in [0.1, 0.15) is 5.54 Å². The lowest BCUT2D eigenvalue weighted by molar-refractivity contribution is -0.131. The molecule has 0 bridgehead atoms. The summed E-state index contributed by atoms with van der Waals surface area (Å²) < 4.78 is 0. The maximum Gasteiger partial charge on any atom is 0.247 e. The van der Waals surface area contributed by atoms with Gasteiger partial charge in [-0.15, -0.1) is 12.4 Å². The Balaban J connectivity index is 0.00000324. The van der Waals surface area contributed by atoms with Gasteiger partial charge in [-0.05, 0) is 31.5 Å². The summed E-state index contributed by atoms with van der Waals surface area (Å²) in [7, 11) is 0. The van der Waals surface area contributed by atoms with Gasteiger partial charge in [-0.1, -0.05) is 23.7 Å². The lowest BCUT2D eigenvalue weighted by Gasteiger charge is -2.29. The molecule has 1 unspecified atom stereocenters. The molecular formula is C12H17Cl2N3O2. The van der Waals surface area contributed by atoms with E-state index in [0.717, 1.165) is 0 Å². The Hall–Kier alpha value is -1.30. The van der Waals surface area contributed by atoms with Crippen molar-refractivity contribution in [2.45, 2.75) is 25.4 Å². The van der Waals surface area contributed by atoms with Crippen LogP contribution in [0.4, 0.5) is 0 Å². The fourth-order valence-corrected chi connectivity index (χ4v) is 1.63. The average molecular weight is 306 g/mol. The molecule has 7 heteroatoms. The van der Waals surface area contributed by atoms with Crippen LogP contribution in [0.3, 0.4) is 0 Å². The number of hydrogen-bond acceptors (Lipinski definition) is 3.